The Morgan fingerprint density at radius 3 is 2.32 bits per heavy atom. The molecule has 3 N–H and O–H groups in total. The lowest BCUT2D eigenvalue weighted by molar-refractivity contribution is -0.114. The van der Waals surface area contributed by atoms with Gasteiger partial charge in [-0.3, -0.25) is 9.59 Å². The van der Waals surface area contributed by atoms with Crippen LogP contribution >= 0.6 is 17.0 Å². The summed E-state index contributed by atoms with van der Waals surface area (Å²) < 4.78 is 0. The predicted octanol–water partition coefficient (Wildman–Crippen LogP) is 2.26. The number of hydrogen-bond donors (Lipinski definition) is 2. The van der Waals surface area contributed by atoms with Crippen molar-refractivity contribution in [3.63, 3.8) is 0 Å². The van der Waals surface area contributed by atoms with Gasteiger partial charge < -0.3 is 11.1 Å². The third-order valence-corrected chi connectivity index (χ3v) is 2.91. The summed E-state index contributed by atoms with van der Waals surface area (Å²) in [6, 6.07) is 15.0. The molecular weight excluding hydrogens is 346 g/mol. The number of nitriles is 1. The maximum absolute atomic E-state index is 12.5. The Morgan fingerprint density at radius 1 is 1.09 bits per heavy atom. The van der Waals surface area contributed by atoms with Gasteiger partial charge in [0, 0.05) is 11.1 Å². The van der Waals surface area contributed by atoms with Gasteiger partial charge in [0.2, 0.25) is 5.91 Å². The molecule has 0 heterocycles. The lowest BCUT2D eigenvalue weighted by Crippen LogP contribution is -2.23. The minimum absolute atomic E-state index is 0. The molecule has 0 saturated carbocycles. The van der Waals surface area contributed by atoms with Crippen LogP contribution in [0.4, 0.5) is 5.69 Å². The van der Waals surface area contributed by atoms with Crippen LogP contribution in [0.2, 0.25) is 0 Å². The molecule has 0 saturated heterocycles. The van der Waals surface area contributed by atoms with E-state index in [1.54, 1.807) is 48.5 Å². The molecule has 22 heavy (non-hydrogen) atoms. The van der Waals surface area contributed by atoms with Crippen molar-refractivity contribution in [3.8, 4) is 6.07 Å². The van der Waals surface area contributed by atoms with Gasteiger partial charge in [-0.15, -0.1) is 17.0 Å². The topological polar surface area (TPSA) is 96.0 Å². The van der Waals surface area contributed by atoms with E-state index in [1.165, 1.54) is 0 Å². The van der Waals surface area contributed by atoms with Crippen molar-refractivity contribution in [1.82, 2.24) is 0 Å². The smallest absolute Gasteiger partial charge is 0.238 e. The third-order valence-electron chi connectivity index (χ3n) is 2.91. The van der Waals surface area contributed by atoms with E-state index >= 15 is 0 Å². The molecule has 0 aliphatic heterocycles. The highest BCUT2D eigenvalue weighted by molar-refractivity contribution is 8.93. The van der Waals surface area contributed by atoms with E-state index in [0.717, 1.165) is 0 Å². The molecule has 0 spiro atoms. The Labute approximate surface area is 138 Å². The SMILES string of the molecule is Br.N#Cc1ccc(C(=O)c2ccccc2NC(=O)CN)cc1. The lowest BCUT2D eigenvalue weighted by Gasteiger charge is -2.09. The highest BCUT2D eigenvalue weighted by Crippen LogP contribution is 2.19. The van der Waals surface area contributed by atoms with Crippen LogP contribution in [0.3, 0.4) is 0 Å². The van der Waals surface area contributed by atoms with Crippen molar-refractivity contribution in [1.29, 1.82) is 5.26 Å². The second-order valence-electron chi connectivity index (χ2n) is 4.32. The highest BCUT2D eigenvalue weighted by Gasteiger charge is 2.14. The van der Waals surface area contributed by atoms with Crippen LogP contribution < -0.4 is 11.1 Å². The lowest BCUT2D eigenvalue weighted by atomic mass is 10.0. The van der Waals surface area contributed by atoms with Crippen molar-refractivity contribution >= 4 is 34.4 Å². The molecule has 0 aliphatic carbocycles. The molecule has 0 aromatic heterocycles. The zero-order valence-corrected chi connectivity index (χ0v) is 13.3. The van der Waals surface area contributed by atoms with Gasteiger partial charge in [0.1, 0.15) is 0 Å². The summed E-state index contributed by atoms with van der Waals surface area (Å²) in [7, 11) is 0. The second kappa shape index (κ2) is 8.08. The zero-order chi connectivity index (χ0) is 15.2. The van der Waals surface area contributed by atoms with Crippen molar-refractivity contribution in [2.75, 3.05) is 11.9 Å². The van der Waals surface area contributed by atoms with Crippen LogP contribution in [-0.2, 0) is 4.79 Å². The molecule has 2 aromatic rings. The number of benzene rings is 2. The number of rotatable bonds is 4. The third kappa shape index (κ3) is 4.01. The number of anilines is 1. The Kier molecular flexibility index (Phi) is 6.45. The summed E-state index contributed by atoms with van der Waals surface area (Å²) in [5.74, 6) is -0.595. The summed E-state index contributed by atoms with van der Waals surface area (Å²) >= 11 is 0. The molecule has 2 rings (SSSR count). The van der Waals surface area contributed by atoms with Gasteiger partial charge in [-0.1, -0.05) is 12.1 Å². The molecule has 112 valence electrons. The van der Waals surface area contributed by atoms with Gasteiger partial charge in [-0.25, -0.2) is 0 Å². The molecule has 1 amide bonds. The van der Waals surface area contributed by atoms with Crippen molar-refractivity contribution in [2.24, 2.45) is 5.73 Å². The number of carbonyl (C=O) groups is 2. The van der Waals surface area contributed by atoms with Gasteiger partial charge in [0.05, 0.1) is 23.9 Å². The molecule has 0 bridgehead atoms. The summed E-state index contributed by atoms with van der Waals surface area (Å²) in [6.07, 6.45) is 0. The van der Waals surface area contributed by atoms with Crippen molar-refractivity contribution in [2.45, 2.75) is 0 Å². The summed E-state index contributed by atoms with van der Waals surface area (Å²) in [4.78, 5) is 23.9. The fourth-order valence-corrected chi connectivity index (χ4v) is 1.84. The van der Waals surface area contributed by atoms with E-state index in [9.17, 15) is 9.59 Å². The Morgan fingerprint density at radius 2 is 1.73 bits per heavy atom. The van der Waals surface area contributed by atoms with E-state index in [2.05, 4.69) is 5.32 Å². The summed E-state index contributed by atoms with van der Waals surface area (Å²) in [6.45, 7) is -0.153. The van der Waals surface area contributed by atoms with Crippen LogP contribution in [0.15, 0.2) is 48.5 Å². The van der Waals surface area contributed by atoms with Gasteiger partial charge in [0.15, 0.2) is 5.78 Å². The van der Waals surface area contributed by atoms with Crippen LogP contribution in [0.1, 0.15) is 21.5 Å². The van der Waals surface area contributed by atoms with Crippen molar-refractivity contribution < 1.29 is 9.59 Å². The fourth-order valence-electron chi connectivity index (χ4n) is 1.84. The number of nitrogens with two attached hydrogens (primary N) is 1. The number of halogens is 1. The number of hydrogen-bond acceptors (Lipinski definition) is 4. The first-order chi connectivity index (χ1) is 10.2. The van der Waals surface area contributed by atoms with E-state index in [-0.39, 0.29) is 35.2 Å². The molecular formula is C16H14BrN3O2. The zero-order valence-electron chi connectivity index (χ0n) is 11.6. The second-order valence-corrected chi connectivity index (χ2v) is 4.32. The summed E-state index contributed by atoms with van der Waals surface area (Å²) in [5.41, 5.74) is 6.99. The maximum Gasteiger partial charge on any atom is 0.238 e. The highest BCUT2D eigenvalue weighted by atomic mass is 79.9. The fraction of sp³-hybridized carbons (Fsp3) is 0.0625. The average Bonchev–Trinajstić information content (AvgIpc) is 2.54. The van der Waals surface area contributed by atoms with Crippen LogP contribution in [0.5, 0.6) is 0 Å². The number of para-hydroxylation sites is 1. The number of nitrogens with one attached hydrogen (secondary N) is 1. The van der Waals surface area contributed by atoms with Crippen LogP contribution in [-0.4, -0.2) is 18.2 Å². The molecule has 0 aliphatic rings. The number of carbonyl (C=O) groups excluding carboxylic acids is 2. The molecule has 0 radical (unpaired) electrons. The van der Waals surface area contributed by atoms with E-state index in [4.69, 9.17) is 11.0 Å². The van der Waals surface area contributed by atoms with E-state index < -0.39 is 0 Å². The molecule has 2 aromatic carbocycles. The van der Waals surface area contributed by atoms with Gasteiger partial charge in [-0.2, -0.15) is 5.26 Å². The molecule has 0 fully saturated rings. The van der Waals surface area contributed by atoms with Crippen LogP contribution in [0, 0.1) is 11.3 Å². The molecule has 0 atom stereocenters. The first kappa shape index (κ1) is 17.6. The predicted molar refractivity (Wildman–Crippen MR) is 89.0 cm³/mol. The van der Waals surface area contributed by atoms with E-state index in [0.29, 0.717) is 22.4 Å². The first-order valence-corrected chi connectivity index (χ1v) is 6.29. The Bertz CT molecular complexity index is 721. The number of amides is 1. The standard InChI is InChI=1S/C16H13N3O2.BrH/c17-9-11-5-7-12(8-6-11)16(21)13-3-1-2-4-14(13)19-15(20)10-18;/h1-8H,10,18H2,(H,19,20);1H. The Hall–Kier alpha value is -2.49. The quantitative estimate of drug-likeness (QED) is 0.818. The number of ketones is 1. The normalized spacial score (nSPS) is 9.27. The van der Waals surface area contributed by atoms with Crippen molar-refractivity contribution in [3.05, 3.63) is 65.2 Å². The first-order valence-electron chi connectivity index (χ1n) is 6.29. The van der Waals surface area contributed by atoms with E-state index in [1.807, 2.05) is 6.07 Å². The average molecular weight is 360 g/mol. The largest absolute Gasteiger partial charge is 0.324 e. The Balaban J connectivity index is 0.00000242. The van der Waals surface area contributed by atoms with Crippen LogP contribution in [0.25, 0.3) is 0 Å². The maximum atomic E-state index is 12.5. The molecule has 6 heteroatoms. The van der Waals surface area contributed by atoms with Gasteiger partial charge >= 0.3 is 0 Å². The molecule has 0 unspecified atom stereocenters. The minimum atomic E-state index is -0.366. The minimum Gasteiger partial charge on any atom is -0.324 e. The van der Waals surface area contributed by atoms with Gasteiger partial charge in [-0.05, 0) is 36.4 Å². The van der Waals surface area contributed by atoms with Gasteiger partial charge in [0.25, 0.3) is 0 Å². The number of nitrogens with zero attached hydrogens (tertiary/aromatic N) is 1. The summed E-state index contributed by atoms with van der Waals surface area (Å²) in [5, 5.41) is 11.4. The molecule has 5 nitrogen and oxygen atoms in total. The monoisotopic (exact) mass is 359 g/mol.